The highest BCUT2D eigenvalue weighted by Gasteiger charge is 2.28. The van der Waals surface area contributed by atoms with E-state index in [-0.39, 0.29) is 24.5 Å². The van der Waals surface area contributed by atoms with Crippen molar-refractivity contribution in [3.05, 3.63) is 64.1 Å². The first-order chi connectivity index (χ1) is 15.8. The van der Waals surface area contributed by atoms with Gasteiger partial charge in [0.1, 0.15) is 11.8 Å². The second-order valence-electron chi connectivity index (χ2n) is 9.18. The predicted molar refractivity (Wildman–Crippen MR) is 135 cm³/mol. The van der Waals surface area contributed by atoms with Gasteiger partial charge in [0.05, 0.1) is 0 Å². The molecule has 0 aliphatic heterocycles. The van der Waals surface area contributed by atoms with Gasteiger partial charge in [0.15, 0.2) is 6.61 Å². The van der Waals surface area contributed by atoms with Gasteiger partial charge in [0.2, 0.25) is 5.91 Å². The molecule has 1 saturated carbocycles. The molecule has 3 rings (SSSR count). The van der Waals surface area contributed by atoms with Crippen LogP contribution in [0.5, 0.6) is 5.75 Å². The monoisotopic (exact) mass is 514 g/mol. The molecule has 0 unspecified atom stereocenters. The van der Waals surface area contributed by atoms with Crippen molar-refractivity contribution in [1.82, 2.24) is 10.2 Å². The zero-order chi connectivity index (χ0) is 23.8. The number of rotatable bonds is 9. The largest absolute Gasteiger partial charge is 0.484 e. The van der Waals surface area contributed by atoms with Gasteiger partial charge in [-0.1, -0.05) is 73.3 Å². The number of halogens is 1. The first-order valence-electron chi connectivity index (χ1n) is 11.9. The van der Waals surface area contributed by atoms with Crippen LogP contribution in [0, 0.1) is 0 Å². The molecule has 33 heavy (non-hydrogen) atoms. The summed E-state index contributed by atoms with van der Waals surface area (Å²) in [6.07, 6.45) is 5.53. The van der Waals surface area contributed by atoms with E-state index in [1.165, 1.54) is 12.0 Å². The van der Waals surface area contributed by atoms with Crippen LogP contribution in [-0.2, 0) is 16.1 Å². The molecule has 0 radical (unpaired) electrons. The Morgan fingerprint density at radius 2 is 1.64 bits per heavy atom. The van der Waals surface area contributed by atoms with Crippen LogP contribution in [0.25, 0.3) is 0 Å². The Balaban J connectivity index is 1.68. The number of hydrogen-bond acceptors (Lipinski definition) is 3. The Morgan fingerprint density at radius 3 is 2.24 bits per heavy atom. The number of nitrogens with one attached hydrogen (secondary N) is 1. The molecule has 2 aromatic carbocycles. The summed E-state index contributed by atoms with van der Waals surface area (Å²) in [7, 11) is 0. The van der Waals surface area contributed by atoms with Crippen LogP contribution >= 0.6 is 15.9 Å². The van der Waals surface area contributed by atoms with Crippen molar-refractivity contribution in [2.24, 2.45) is 0 Å². The van der Waals surface area contributed by atoms with Crippen molar-refractivity contribution < 1.29 is 14.3 Å². The van der Waals surface area contributed by atoms with Crippen LogP contribution < -0.4 is 10.1 Å². The van der Waals surface area contributed by atoms with E-state index in [0.717, 1.165) is 35.7 Å². The Hall–Kier alpha value is -2.34. The van der Waals surface area contributed by atoms with Gasteiger partial charge in [-0.2, -0.15) is 0 Å². The molecule has 0 aromatic heterocycles. The molecule has 5 nitrogen and oxygen atoms in total. The number of benzene rings is 2. The van der Waals surface area contributed by atoms with Crippen molar-refractivity contribution in [2.75, 3.05) is 6.61 Å². The Kier molecular flexibility index (Phi) is 9.36. The number of ether oxygens (including phenoxy) is 1. The first-order valence-corrected chi connectivity index (χ1v) is 12.7. The van der Waals surface area contributed by atoms with E-state index in [9.17, 15) is 9.59 Å². The lowest BCUT2D eigenvalue weighted by atomic mass is 9.95. The standard InChI is InChI=1S/C27H35BrN2O3/c1-19(2)22-11-15-25(16-12-22)33-18-26(31)30(17-21-9-13-23(28)14-10-21)20(3)27(32)29-24-7-5-4-6-8-24/h9-16,19-20,24H,4-8,17-18H2,1-3H3,(H,29,32)/t20-/m1/s1. The van der Waals surface area contributed by atoms with E-state index in [2.05, 4.69) is 35.1 Å². The number of carbonyl (C=O) groups is 2. The molecule has 2 amide bonds. The van der Waals surface area contributed by atoms with Gasteiger partial charge in [-0.25, -0.2) is 0 Å². The van der Waals surface area contributed by atoms with E-state index in [4.69, 9.17) is 4.74 Å². The Bertz CT molecular complexity index is 906. The molecule has 0 heterocycles. The summed E-state index contributed by atoms with van der Waals surface area (Å²) in [5, 5.41) is 3.16. The fourth-order valence-corrected chi connectivity index (χ4v) is 4.38. The summed E-state index contributed by atoms with van der Waals surface area (Å²) in [6, 6.07) is 15.2. The van der Waals surface area contributed by atoms with Gasteiger partial charge in [-0.3, -0.25) is 9.59 Å². The van der Waals surface area contributed by atoms with Crippen molar-refractivity contribution in [3.63, 3.8) is 0 Å². The fourth-order valence-electron chi connectivity index (χ4n) is 4.11. The molecule has 1 aliphatic rings. The summed E-state index contributed by atoms with van der Waals surface area (Å²) in [5.74, 6) is 0.770. The molecule has 2 aromatic rings. The molecule has 1 fully saturated rings. The molecule has 0 spiro atoms. The molecule has 6 heteroatoms. The lowest BCUT2D eigenvalue weighted by molar-refractivity contribution is -0.142. The van der Waals surface area contributed by atoms with E-state index in [0.29, 0.717) is 18.2 Å². The maximum atomic E-state index is 13.2. The molecular weight excluding hydrogens is 480 g/mol. The highest BCUT2D eigenvalue weighted by Crippen LogP contribution is 2.20. The van der Waals surface area contributed by atoms with Crippen molar-refractivity contribution in [3.8, 4) is 5.75 Å². The van der Waals surface area contributed by atoms with Crippen LogP contribution in [-0.4, -0.2) is 35.4 Å². The van der Waals surface area contributed by atoms with Gasteiger partial charge in [0, 0.05) is 17.1 Å². The third-order valence-corrected chi connectivity index (χ3v) is 6.82. The van der Waals surface area contributed by atoms with Crippen molar-refractivity contribution in [2.45, 2.75) is 77.4 Å². The SMILES string of the molecule is CC(C)c1ccc(OCC(=O)N(Cc2ccc(Br)cc2)[C@H](C)C(=O)NC2CCCCC2)cc1. The van der Waals surface area contributed by atoms with Crippen LogP contribution in [0.4, 0.5) is 0 Å². The zero-order valence-corrected chi connectivity index (χ0v) is 21.4. The minimum absolute atomic E-state index is 0.103. The summed E-state index contributed by atoms with van der Waals surface area (Å²) < 4.78 is 6.76. The number of hydrogen-bond donors (Lipinski definition) is 1. The van der Waals surface area contributed by atoms with Crippen molar-refractivity contribution >= 4 is 27.7 Å². The van der Waals surface area contributed by atoms with Crippen molar-refractivity contribution in [1.29, 1.82) is 0 Å². The zero-order valence-electron chi connectivity index (χ0n) is 19.9. The third kappa shape index (κ3) is 7.60. The summed E-state index contributed by atoms with van der Waals surface area (Å²) >= 11 is 3.45. The lowest BCUT2D eigenvalue weighted by Gasteiger charge is -2.31. The van der Waals surface area contributed by atoms with Gasteiger partial charge in [-0.05, 0) is 61.1 Å². The maximum Gasteiger partial charge on any atom is 0.261 e. The van der Waals surface area contributed by atoms with Crippen LogP contribution in [0.15, 0.2) is 53.0 Å². The highest BCUT2D eigenvalue weighted by molar-refractivity contribution is 9.10. The van der Waals surface area contributed by atoms with Gasteiger partial charge >= 0.3 is 0 Å². The third-order valence-electron chi connectivity index (χ3n) is 6.29. The number of nitrogens with zero attached hydrogens (tertiary/aromatic N) is 1. The molecule has 178 valence electrons. The molecule has 0 saturated heterocycles. The summed E-state index contributed by atoms with van der Waals surface area (Å²) in [5.41, 5.74) is 2.18. The lowest BCUT2D eigenvalue weighted by Crippen LogP contribution is -2.51. The first kappa shape index (κ1) is 25.3. The Morgan fingerprint density at radius 1 is 1.00 bits per heavy atom. The van der Waals surface area contributed by atoms with Gasteiger partial charge < -0.3 is 15.0 Å². The fraction of sp³-hybridized carbons (Fsp3) is 0.481. The molecule has 0 bridgehead atoms. The minimum Gasteiger partial charge on any atom is -0.484 e. The maximum absolute atomic E-state index is 13.2. The van der Waals surface area contributed by atoms with E-state index in [1.54, 1.807) is 11.8 Å². The quantitative estimate of drug-likeness (QED) is 0.458. The average molecular weight is 515 g/mol. The van der Waals surface area contributed by atoms with Gasteiger partial charge in [0.25, 0.3) is 5.91 Å². The topological polar surface area (TPSA) is 58.6 Å². The molecule has 1 atom stereocenters. The van der Waals surface area contributed by atoms with Crippen LogP contribution in [0.3, 0.4) is 0 Å². The van der Waals surface area contributed by atoms with Crippen LogP contribution in [0.2, 0.25) is 0 Å². The van der Waals surface area contributed by atoms with E-state index >= 15 is 0 Å². The smallest absolute Gasteiger partial charge is 0.261 e. The normalized spacial score (nSPS) is 15.2. The molecule has 1 aliphatic carbocycles. The second kappa shape index (κ2) is 12.2. The number of amides is 2. The average Bonchev–Trinajstić information content (AvgIpc) is 2.82. The van der Waals surface area contributed by atoms with Gasteiger partial charge in [-0.15, -0.1) is 0 Å². The van der Waals surface area contributed by atoms with E-state index in [1.807, 2.05) is 48.5 Å². The summed E-state index contributed by atoms with van der Waals surface area (Å²) in [6.45, 7) is 6.31. The second-order valence-corrected chi connectivity index (χ2v) is 10.1. The predicted octanol–water partition coefficient (Wildman–Crippen LogP) is 5.82. The Labute approximate surface area is 206 Å². The molecule has 1 N–H and O–H groups in total. The highest BCUT2D eigenvalue weighted by atomic mass is 79.9. The number of carbonyl (C=O) groups excluding carboxylic acids is 2. The van der Waals surface area contributed by atoms with E-state index < -0.39 is 6.04 Å². The minimum atomic E-state index is -0.588. The molecular formula is C27H35BrN2O3. The van der Waals surface area contributed by atoms with Crippen LogP contribution in [0.1, 0.15) is 69.9 Å². The summed E-state index contributed by atoms with van der Waals surface area (Å²) in [4.78, 5) is 27.9.